The fraction of sp³-hybridized carbons (Fsp3) is 0.714. The molecule has 3 rings (SSSR count). The molecule has 2 aliphatic rings. The van der Waals surface area contributed by atoms with E-state index in [1.54, 1.807) is 0 Å². The van der Waals surface area contributed by atoms with Crippen LogP contribution in [0.4, 0.5) is 0 Å². The van der Waals surface area contributed by atoms with Gasteiger partial charge >= 0.3 is 7.12 Å². The maximum absolute atomic E-state index is 11.3. The molecule has 1 saturated heterocycles. The quantitative estimate of drug-likeness (QED) is 0.746. The molecule has 0 radical (unpaired) electrons. The molecule has 3 nitrogen and oxygen atoms in total. The fourth-order valence-corrected chi connectivity index (χ4v) is 5.15. The van der Waals surface area contributed by atoms with Crippen molar-refractivity contribution in [2.75, 3.05) is 0 Å². The van der Waals surface area contributed by atoms with Gasteiger partial charge in [0, 0.05) is 5.56 Å². The number of phenols is 1. The second-order valence-corrected chi connectivity index (χ2v) is 11.2. The molecule has 0 spiro atoms. The number of benzene rings is 1. The van der Waals surface area contributed by atoms with E-state index in [2.05, 4.69) is 77.1 Å². The Bertz CT molecular complexity index is 807. The maximum atomic E-state index is 11.3. The van der Waals surface area contributed by atoms with Crippen molar-refractivity contribution >= 4 is 39.2 Å². The third kappa shape index (κ3) is 2.32. The fourth-order valence-electron chi connectivity index (χ4n) is 5.15. The molecule has 1 N–H and O–H groups in total. The minimum atomic E-state index is -0.464. The molecule has 1 aliphatic heterocycles. The number of fused-ring (bicyclic) bond motifs is 1. The first-order valence-electron chi connectivity index (χ1n) is 10.1. The lowest BCUT2D eigenvalue weighted by molar-refractivity contribution is 0.00578. The number of rotatable bonds is 1. The van der Waals surface area contributed by atoms with Gasteiger partial charge in [0.15, 0.2) is 0 Å². The Morgan fingerprint density at radius 1 is 0.704 bits per heavy atom. The van der Waals surface area contributed by atoms with Gasteiger partial charge < -0.3 is 14.4 Å². The summed E-state index contributed by atoms with van der Waals surface area (Å²) in [6.07, 6.45) is 0. The van der Waals surface area contributed by atoms with Crippen molar-refractivity contribution in [2.24, 2.45) is 5.41 Å². The SMILES string of the molecule is Bc1c(O)c2c(c(B)c1B1OC(C)(C)C(C)(C)O1)C(C)(C)C(C)(C)C2(C)C. The zero-order valence-corrected chi connectivity index (χ0v) is 19.3. The van der Waals surface area contributed by atoms with Crippen molar-refractivity contribution in [2.45, 2.75) is 91.3 Å². The third-order valence-electron chi connectivity index (χ3n) is 8.89. The highest BCUT2D eigenvalue weighted by atomic mass is 16.7. The highest BCUT2D eigenvalue weighted by Crippen LogP contribution is 2.62. The van der Waals surface area contributed by atoms with Crippen LogP contribution in [0.5, 0.6) is 5.75 Å². The Morgan fingerprint density at radius 3 is 1.56 bits per heavy atom. The lowest BCUT2D eigenvalue weighted by atomic mass is 9.58. The molecule has 1 heterocycles. The second-order valence-electron chi connectivity index (χ2n) is 11.2. The zero-order valence-electron chi connectivity index (χ0n) is 19.3. The third-order valence-corrected chi connectivity index (χ3v) is 8.89. The first kappa shape index (κ1) is 20.9. The Kier molecular flexibility index (Phi) is 4.16. The summed E-state index contributed by atoms with van der Waals surface area (Å²) in [5.41, 5.74) is 4.38. The summed E-state index contributed by atoms with van der Waals surface area (Å²) in [6, 6.07) is 0. The molecule has 0 saturated carbocycles. The number of hydrogen-bond acceptors (Lipinski definition) is 3. The first-order chi connectivity index (χ1) is 11.9. The standard InChI is InChI=1S/C21H35B3O3/c1-17(2)11-12(18(3,4)19(17,5)6)16(25)14(23)15(13(11)22)24-26-20(7,8)21(9,10)27-24/h25H,22-23H2,1-10H3. The smallest absolute Gasteiger partial charge is 0.493 e. The van der Waals surface area contributed by atoms with Crippen LogP contribution < -0.4 is 16.4 Å². The van der Waals surface area contributed by atoms with Crippen molar-refractivity contribution in [1.82, 2.24) is 0 Å². The average molecular weight is 368 g/mol. The molecule has 6 heteroatoms. The van der Waals surface area contributed by atoms with E-state index in [9.17, 15) is 5.11 Å². The van der Waals surface area contributed by atoms with Crippen LogP contribution in [-0.4, -0.2) is 39.1 Å². The predicted molar refractivity (Wildman–Crippen MR) is 120 cm³/mol. The molecule has 1 aromatic carbocycles. The van der Waals surface area contributed by atoms with E-state index < -0.39 is 18.3 Å². The molecule has 1 aliphatic carbocycles. The number of aromatic hydroxyl groups is 1. The zero-order chi connectivity index (χ0) is 21.0. The van der Waals surface area contributed by atoms with Gasteiger partial charge in [-0.15, -0.1) is 0 Å². The molecule has 27 heavy (non-hydrogen) atoms. The molecule has 1 fully saturated rings. The summed E-state index contributed by atoms with van der Waals surface area (Å²) in [7, 11) is 3.70. The van der Waals surface area contributed by atoms with Crippen LogP contribution in [0.3, 0.4) is 0 Å². The van der Waals surface area contributed by atoms with Crippen LogP contribution in [-0.2, 0) is 20.1 Å². The molecule has 146 valence electrons. The van der Waals surface area contributed by atoms with E-state index in [1.165, 1.54) is 11.0 Å². The minimum Gasteiger partial charge on any atom is -0.508 e. The molecule has 1 aromatic rings. The van der Waals surface area contributed by atoms with E-state index in [0.29, 0.717) is 5.75 Å². The van der Waals surface area contributed by atoms with Crippen molar-refractivity contribution in [1.29, 1.82) is 0 Å². The van der Waals surface area contributed by atoms with Gasteiger partial charge in [0.25, 0.3) is 0 Å². The summed E-state index contributed by atoms with van der Waals surface area (Å²) in [5, 5.41) is 11.3. The monoisotopic (exact) mass is 368 g/mol. The first-order valence-corrected chi connectivity index (χ1v) is 10.1. The van der Waals surface area contributed by atoms with E-state index in [-0.39, 0.29) is 16.2 Å². The van der Waals surface area contributed by atoms with Crippen molar-refractivity contribution in [3.05, 3.63) is 11.1 Å². The van der Waals surface area contributed by atoms with Crippen LogP contribution in [0, 0.1) is 5.41 Å². The largest absolute Gasteiger partial charge is 0.508 e. The summed E-state index contributed by atoms with van der Waals surface area (Å²) in [5.74, 6) is 0.406. The Hall–Kier alpha value is -0.865. The molecule has 0 aromatic heterocycles. The lowest BCUT2D eigenvalue weighted by Gasteiger charge is -2.44. The summed E-state index contributed by atoms with van der Waals surface area (Å²) in [6.45, 7) is 22.0. The molecule has 0 bridgehead atoms. The number of hydrogen-bond donors (Lipinski definition) is 1. The van der Waals surface area contributed by atoms with E-state index in [0.717, 1.165) is 16.5 Å². The van der Waals surface area contributed by atoms with Crippen LogP contribution >= 0.6 is 0 Å². The van der Waals surface area contributed by atoms with Gasteiger partial charge in [-0.25, -0.2) is 0 Å². The second kappa shape index (κ2) is 5.39. The molecule has 0 amide bonds. The van der Waals surface area contributed by atoms with Crippen molar-refractivity contribution in [3.63, 3.8) is 0 Å². The maximum Gasteiger partial charge on any atom is 0.493 e. The summed E-state index contributed by atoms with van der Waals surface area (Å²) < 4.78 is 12.7. The number of phenolic OH excluding ortho intramolecular Hbond substituents is 1. The average Bonchev–Trinajstić information content (AvgIpc) is 2.75. The highest BCUT2D eigenvalue weighted by Gasteiger charge is 2.60. The predicted octanol–water partition coefficient (Wildman–Crippen LogP) is 0.803. The van der Waals surface area contributed by atoms with Crippen LogP contribution in [0.2, 0.25) is 0 Å². The van der Waals surface area contributed by atoms with E-state index in [4.69, 9.17) is 9.31 Å². The Labute approximate surface area is 167 Å². The van der Waals surface area contributed by atoms with Gasteiger partial charge in [-0.1, -0.05) is 47.0 Å². The van der Waals surface area contributed by atoms with Crippen LogP contribution in [0.25, 0.3) is 0 Å². The van der Waals surface area contributed by atoms with Gasteiger partial charge in [-0.05, 0) is 60.4 Å². The van der Waals surface area contributed by atoms with E-state index in [1.807, 2.05) is 7.85 Å². The Morgan fingerprint density at radius 2 is 1.11 bits per heavy atom. The van der Waals surface area contributed by atoms with Crippen LogP contribution in [0.1, 0.15) is 80.4 Å². The van der Waals surface area contributed by atoms with Gasteiger partial charge in [0.1, 0.15) is 21.4 Å². The molecule has 0 unspecified atom stereocenters. The minimum absolute atomic E-state index is 0.00836. The summed E-state index contributed by atoms with van der Waals surface area (Å²) >= 11 is 0. The molecular weight excluding hydrogens is 333 g/mol. The topological polar surface area (TPSA) is 38.7 Å². The van der Waals surface area contributed by atoms with Gasteiger partial charge in [0.2, 0.25) is 0 Å². The van der Waals surface area contributed by atoms with Gasteiger partial charge in [-0.2, -0.15) is 0 Å². The lowest BCUT2D eigenvalue weighted by Crippen LogP contribution is -2.55. The van der Waals surface area contributed by atoms with Crippen molar-refractivity contribution < 1.29 is 14.4 Å². The van der Waals surface area contributed by atoms with Crippen LogP contribution in [0.15, 0.2) is 0 Å². The Balaban J connectivity index is 2.31. The normalized spacial score (nSPS) is 26.2. The van der Waals surface area contributed by atoms with Crippen molar-refractivity contribution in [3.8, 4) is 5.75 Å². The molecule has 0 atom stereocenters. The highest BCUT2D eigenvalue weighted by molar-refractivity contribution is 6.73. The van der Waals surface area contributed by atoms with Gasteiger partial charge in [0.05, 0.1) is 11.2 Å². The van der Waals surface area contributed by atoms with Gasteiger partial charge in [-0.3, -0.25) is 0 Å². The van der Waals surface area contributed by atoms with E-state index >= 15 is 0 Å². The summed E-state index contributed by atoms with van der Waals surface area (Å²) in [4.78, 5) is 0. The molecular formula is C21H35B3O3.